The molecule has 0 atom stereocenters. The van der Waals surface area contributed by atoms with Crippen molar-refractivity contribution in [2.45, 2.75) is 19.8 Å². The first kappa shape index (κ1) is 14.3. The van der Waals surface area contributed by atoms with Crippen molar-refractivity contribution in [3.63, 3.8) is 0 Å². The van der Waals surface area contributed by atoms with Crippen LogP contribution < -0.4 is 5.32 Å². The van der Waals surface area contributed by atoms with Crippen molar-refractivity contribution in [1.29, 1.82) is 0 Å². The topological polar surface area (TPSA) is 62.2 Å². The lowest BCUT2D eigenvalue weighted by molar-refractivity contribution is 0.0696. The van der Waals surface area contributed by atoms with Gasteiger partial charge in [0.1, 0.15) is 5.82 Å². The van der Waals surface area contributed by atoms with Crippen LogP contribution in [0.5, 0.6) is 0 Å². The molecule has 1 aromatic heterocycles. The van der Waals surface area contributed by atoms with Crippen molar-refractivity contribution in [1.82, 2.24) is 4.98 Å². The molecule has 0 bridgehead atoms. The van der Waals surface area contributed by atoms with Crippen LogP contribution in [0.3, 0.4) is 0 Å². The number of carboxylic acids is 1. The fraction of sp³-hybridized carbons (Fsp3) is 0.200. The van der Waals surface area contributed by atoms with E-state index < -0.39 is 5.97 Å². The summed E-state index contributed by atoms with van der Waals surface area (Å²) >= 11 is 6.04. The summed E-state index contributed by atoms with van der Waals surface area (Å²) in [5.74, 6) is -0.181. The van der Waals surface area contributed by atoms with E-state index in [9.17, 15) is 4.79 Å². The lowest BCUT2D eigenvalue weighted by Crippen LogP contribution is -2.01. The highest BCUT2D eigenvalue weighted by molar-refractivity contribution is 6.33. The molecular formula is C15H15ClN2O2. The molecule has 0 aliphatic heterocycles. The maximum atomic E-state index is 10.8. The van der Waals surface area contributed by atoms with Gasteiger partial charge in [0.05, 0.1) is 10.6 Å². The Hall–Kier alpha value is -2.07. The Kier molecular flexibility index (Phi) is 4.25. The van der Waals surface area contributed by atoms with Crippen molar-refractivity contribution in [3.05, 3.63) is 52.7 Å². The van der Waals surface area contributed by atoms with Gasteiger partial charge in [-0.15, -0.1) is 0 Å². The Bertz CT molecular complexity index is 642. The van der Waals surface area contributed by atoms with Gasteiger partial charge in [0.25, 0.3) is 0 Å². The lowest BCUT2D eigenvalue weighted by Gasteiger charge is -2.11. The molecule has 0 radical (unpaired) electrons. The van der Waals surface area contributed by atoms with Crippen LogP contribution in [-0.4, -0.2) is 16.1 Å². The maximum absolute atomic E-state index is 10.8. The number of hydrogen-bond donors (Lipinski definition) is 2. The van der Waals surface area contributed by atoms with Crippen molar-refractivity contribution >= 4 is 29.1 Å². The summed E-state index contributed by atoms with van der Waals surface area (Å²) in [6.07, 6.45) is 1.28. The summed E-state index contributed by atoms with van der Waals surface area (Å²) in [4.78, 5) is 14.9. The first-order valence-corrected chi connectivity index (χ1v) is 6.61. The Morgan fingerprint density at radius 1 is 1.35 bits per heavy atom. The normalized spacial score (nSPS) is 10.6. The number of carbonyl (C=O) groups is 1. The zero-order chi connectivity index (χ0) is 14.7. The maximum Gasteiger partial charge on any atom is 0.337 e. The van der Waals surface area contributed by atoms with Crippen LogP contribution in [0.2, 0.25) is 5.02 Å². The van der Waals surface area contributed by atoms with Gasteiger partial charge in [-0.1, -0.05) is 37.6 Å². The van der Waals surface area contributed by atoms with Crippen molar-refractivity contribution in [3.8, 4) is 0 Å². The highest BCUT2D eigenvalue weighted by atomic mass is 35.5. The second kappa shape index (κ2) is 5.92. The molecule has 2 N–H and O–H groups in total. The molecule has 20 heavy (non-hydrogen) atoms. The summed E-state index contributed by atoms with van der Waals surface area (Å²) in [5.41, 5.74) is 2.14. The number of hydrogen-bond acceptors (Lipinski definition) is 3. The molecule has 0 unspecified atom stereocenters. The third kappa shape index (κ3) is 3.27. The number of halogens is 1. The van der Waals surface area contributed by atoms with Crippen LogP contribution in [-0.2, 0) is 0 Å². The predicted molar refractivity (Wildman–Crippen MR) is 80.0 cm³/mol. The third-order valence-electron chi connectivity index (χ3n) is 2.90. The molecule has 4 nitrogen and oxygen atoms in total. The average molecular weight is 291 g/mol. The van der Waals surface area contributed by atoms with Crippen LogP contribution in [0, 0.1) is 0 Å². The molecule has 2 aromatic rings. The molecule has 0 saturated heterocycles. The minimum absolute atomic E-state index is 0.0662. The molecule has 1 heterocycles. The van der Waals surface area contributed by atoms with E-state index in [1.54, 1.807) is 0 Å². The monoisotopic (exact) mass is 290 g/mol. The first-order chi connectivity index (χ1) is 9.47. The number of aromatic nitrogens is 1. The van der Waals surface area contributed by atoms with Gasteiger partial charge < -0.3 is 10.4 Å². The predicted octanol–water partition coefficient (Wildman–Crippen LogP) is 4.30. The molecule has 2 rings (SSSR count). The zero-order valence-electron chi connectivity index (χ0n) is 11.2. The number of pyridine rings is 1. The molecule has 0 aliphatic carbocycles. The molecule has 0 aliphatic rings. The number of anilines is 2. The lowest BCUT2D eigenvalue weighted by atomic mass is 10.0. The summed E-state index contributed by atoms with van der Waals surface area (Å²) in [5, 5.41) is 12.2. The van der Waals surface area contributed by atoms with E-state index in [0.717, 1.165) is 5.69 Å². The third-order valence-corrected chi connectivity index (χ3v) is 3.19. The number of nitrogens with zero attached hydrogens (tertiary/aromatic N) is 1. The summed E-state index contributed by atoms with van der Waals surface area (Å²) in [6.45, 7) is 4.23. The summed E-state index contributed by atoms with van der Waals surface area (Å²) in [7, 11) is 0. The first-order valence-electron chi connectivity index (χ1n) is 6.23. The van der Waals surface area contributed by atoms with E-state index in [1.165, 1.54) is 17.8 Å². The Morgan fingerprint density at radius 2 is 2.10 bits per heavy atom. The number of nitrogens with one attached hydrogen (secondary N) is 1. The smallest absolute Gasteiger partial charge is 0.337 e. The van der Waals surface area contributed by atoms with Gasteiger partial charge in [-0.25, -0.2) is 9.78 Å². The van der Waals surface area contributed by atoms with Crippen molar-refractivity contribution < 1.29 is 9.90 Å². The minimum atomic E-state index is -1.05. The zero-order valence-corrected chi connectivity index (χ0v) is 12.0. The van der Waals surface area contributed by atoms with Gasteiger partial charge in [-0.3, -0.25) is 0 Å². The van der Waals surface area contributed by atoms with Crippen molar-refractivity contribution in [2.75, 3.05) is 5.32 Å². The summed E-state index contributed by atoms with van der Waals surface area (Å²) < 4.78 is 0. The average Bonchev–Trinajstić information content (AvgIpc) is 2.41. The quantitative estimate of drug-likeness (QED) is 0.881. The Balaban J connectivity index is 2.26. The molecule has 0 spiro atoms. The summed E-state index contributed by atoms with van der Waals surface area (Å²) in [6, 6.07) is 9.32. The number of carboxylic acid groups (broad SMARTS) is 1. The van der Waals surface area contributed by atoms with Crippen LogP contribution in [0.25, 0.3) is 0 Å². The fourth-order valence-corrected chi connectivity index (χ4v) is 1.97. The van der Waals surface area contributed by atoms with Gasteiger partial charge in [0.15, 0.2) is 0 Å². The molecule has 0 fully saturated rings. The molecule has 5 heteroatoms. The number of aromatic carboxylic acids is 1. The number of benzene rings is 1. The molecule has 1 aromatic carbocycles. The minimum Gasteiger partial charge on any atom is -0.478 e. The second-order valence-electron chi connectivity index (χ2n) is 4.76. The highest BCUT2D eigenvalue weighted by Crippen LogP contribution is 2.26. The SMILES string of the molecule is CC(C)c1cccc(Nc2ncc(C(=O)O)cc2Cl)c1. The molecule has 0 saturated carbocycles. The largest absolute Gasteiger partial charge is 0.478 e. The van der Waals surface area contributed by atoms with Crippen LogP contribution in [0.1, 0.15) is 35.7 Å². The molecule has 0 amide bonds. The number of rotatable bonds is 4. The highest BCUT2D eigenvalue weighted by Gasteiger charge is 2.09. The fourth-order valence-electron chi connectivity index (χ4n) is 1.76. The van der Waals surface area contributed by atoms with E-state index in [2.05, 4.69) is 30.2 Å². The Labute approximate surface area is 122 Å². The van der Waals surface area contributed by atoms with Gasteiger partial charge in [-0.05, 0) is 29.7 Å². The van der Waals surface area contributed by atoms with Crippen LogP contribution in [0.15, 0.2) is 36.5 Å². The van der Waals surface area contributed by atoms with Crippen molar-refractivity contribution in [2.24, 2.45) is 0 Å². The van der Waals surface area contributed by atoms with Gasteiger partial charge in [0.2, 0.25) is 0 Å². The van der Waals surface area contributed by atoms with Gasteiger partial charge in [-0.2, -0.15) is 0 Å². The molecular weight excluding hydrogens is 276 g/mol. The Morgan fingerprint density at radius 3 is 2.70 bits per heavy atom. The standard InChI is InChI=1S/C15H15ClN2O2/c1-9(2)10-4-3-5-12(6-10)18-14-13(16)7-11(8-17-14)15(19)20/h3-9H,1-2H3,(H,17,18)(H,19,20). The van der Waals surface area contributed by atoms with E-state index in [0.29, 0.717) is 11.7 Å². The van der Waals surface area contributed by atoms with E-state index in [1.807, 2.05) is 18.2 Å². The van der Waals surface area contributed by atoms with E-state index in [-0.39, 0.29) is 10.6 Å². The molecule has 104 valence electrons. The van der Waals surface area contributed by atoms with Crippen LogP contribution in [0.4, 0.5) is 11.5 Å². The van der Waals surface area contributed by atoms with E-state index in [4.69, 9.17) is 16.7 Å². The van der Waals surface area contributed by atoms with E-state index >= 15 is 0 Å². The second-order valence-corrected chi connectivity index (χ2v) is 5.17. The van der Waals surface area contributed by atoms with Gasteiger partial charge >= 0.3 is 5.97 Å². The van der Waals surface area contributed by atoms with Gasteiger partial charge in [0, 0.05) is 11.9 Å². The van der Waals surface area contributed by atoms with Crippen LogP contribution >= 0.6 is 11.6 Å².